The highest BCUT2D eigenvalue weighted by Gasteiger charge is 2.20. The van der Waals surface area contributed by atoms with E-state index in [-0.39, 0.29) is 16.9 Å². The molecule has 0 aliphatic heterocycles. The van der Waals surface area contributed by atoms with Gasteiger partial charge in [0, 0.05) is 14.1 Å². The molecule has 0 fully saturated rings. The molecule has 0 spiro atoms. The molecule has 7 heteroatoms. The van der Waals surface area contributed by atoms with Gasteiger partial charge in [-0.3, -0.25) is 0 Å². The Hall–Kier alpha value is -3.35. The van der Waals surface area contributed by atoms with Gasteiger partial charge in [-0.1, -0.05) is 30.3 Å². The van der Waals surface area contributed by atoms with E-state index in [2.05, 4.69) is 9.78 Å². The highest BCUT2D eigenvalue weighted by molar-refractivity contribution is 5.94. The highest BCUT2D eigenvalue weighted by atomic mass is 17.2. The SMILES string of the molecule is CN(C)C(=O)Oc1ccccc1C(=O)OOC(=O)c1ccccc1. The molecule has 0 atom stereocenters. The van der Waals surface area contributed by atoms with Crippen LogP contribution in [0.15, 0.2) is 54.6 Å². The van der Waals surface area contributed by atoms with E-state index in [0.717, 1.165) is 0 Å². The molecule has 0 N–H and O–H groups in total. The van der Waals surface area contributed by atoms with Crippen molar-refractivity contribution in [1.29, 1.82) is 0 Å². The number of hydrogen-bond acceptors (Lipinski definition) is 6. The summed E-state index contributed by atoms with van der Waals surface area (Å²) in [5, 5.41) is 0. The number of hydrogen-bond donors (Lipinski definition) is 0. The van der Waals surface area contributed by atoms with E-state index < -0.39 is 18.0 Å². The molecule has 0 unspecified atom stereocenters. The number of amides is 1. The van der Waals surface area contributed by atoms with Crippen molar-refractivity contribution in [3.8, 4) is 5.75 Å². The normalized spacial score (nSPS) is 9.75. The number of rotatable bonds is 3. The lowest BCUT2D eigenvalue weighted by Crippen LogP contribution is -2.26. The quantitative estimate of drug-likeness (QED) is 0.636. The second kappa shape index (κ2) is 7.77. The first-order valence-corrected chi connectivity index (χ1v) is 6.95. The zero-order valence-electron chi connectivity index (χ0n) is 13.1. The van der Waals surface area contributed by atoms with Crippen LogP contribution in [0, 0.1) is 0 Å². The van der Waals surface area contributed by atoms with Crippen LogP contribution in [0.3, 0.4) is 0 Å². The first-order valence-electron chi connectivity index (χ1n) is 6.95. The minimum Gasteiger partial charge on any atom is -0.409 e. The molecule has 0 aromatic heterocycles. The van der Waals surface area contributed by atoms with Crippen molar-refractivity contribution in [1.82, 2.24) is 4.90 Å². The molecule has 0 radical (unpaired) electrons. The average Bonchev–Trinajstić information content (AvgIpc) is 2.60. The number of carbonyl (C=O) groups is 3. The minimum atomic E-state index is -0.957. The van der Waals surface area contributed by atoms with Gasteiger partial charge in [0.1, 0.15) is 11.3 Å². The maximum absolute atomic E-state index is 12.0. The number of benzene rings is 2. The number of para-hydroxylation sites is 1. The number of ether oxygens (including phenoxy) is 1. The maximum atomic E-state index is 12.0. The summed E-state index contributed by atoms with van der Waals surface area (Å²) in [7, 11) is 3.01. The van der Waals surface area contributed by atoms with Gasteiger partial charge in [0.2, 0.25) is 0 Å². The molecule has 2 aromatic rings. The number of carbonyl (C=O) groups excluding carboxylic acids is 3. The van der Waals surface area contributed by atoms with Crippen LogP contribution in [0.5, 0.6) is 5.75 Å². The first kappa shape index (κ1) is 17.0. The monoisotopic (exact) mass is 329 g/mol. The summed E-state index contributed by atoms with van der Waals surface area (Å²) < 4.78 is 5.07. The minimum absolute atomic E-state index is 0.00281. The van der Waals surface area contributed by atoms with E-state index in [9.17, 15) is 14.4 Å². The van der Waals surface area contributed by atoms with Crippen LogP contribution >= 0.6 is 0 Å². The summed E-state index contributed by atoms with van der Waals surface area (Å²) in [5.74, 6) is -1.77. The summed E-state index contributed by atoms with van der Waals surface area (Å²) in [4.78, 5) is 45.6. The van der Waals surface area contributed by atoms with Crippen LogP contribution in [-0.2, 0) is 9.78 Å². The zero-order valence-corrected chi connectivity index (χ0v) is 13.1. The Morgan fingerprint density at radius 1 is 0.792 bits per heavy atom. The third-order valence-electron chi connectivity index (χ3n) is 2.87. The van der Waals surface area contributed by atoms with Gasteiger partial charge >= 0.3 is 18.0 Å². The van der Waals surface area contributed by atoms with E-state index in [1.54, 1.807) is 30.3 Å². The van der Waals surface area contributed by atoms with Crippen LogP contribution in [0.4, 0.5) is 4.79 Å². The summed E-state index contributed by atoms with van der Waals surface area (Å²) in [5.41, 5.74) is 0.186. The molecule has 0 aliphatic carbocycles. The predicted octanol–water partition coefficient (Wildman–Crippen LogP) is 2.68. The Labute approximate surface area is 138 Å². The molecule has 124 valence electrons. The van der Waals surface area contributed by atoms with Crippen molar-refractivity contribution in [3.63, 3.8) is 0 Å². The fourth-order valence-corrected chi connectivity index (χ4v) is 1.65. The van der Waals surface area contributed by atoms with E-state index in [4.69, 9.17) is 4.74 Å². The zero-order chi connectivity index (χ0) is 17.5. The van der Waals surface area contributed by atoms with E-state index in [1.807, 2.05) is 0 Å². The Morgan fingerprint density at radius 3 is 2.04 bits per heavy atom. The standard InChI is InChI=1S/C17H15NO6/c1-18(2)17(21)22-14-11-7-6-10-13(14)16(20)24-23-15(19)12-8-4-3-5-9-12/h3-11H,1-2H3. The Kier molecular flexibility index (Phi) is 5.51. The summed E-state index contributed by atoms with van der Waals surface area (Å²) in [6, 6.07) is 14.0. The maximum Gasteiger partial charge on any atom is 0.414 e. The van der Waals surface area contributed by atoms with Crippen molar-refractivity contribution in [3.05, 3.63) is 65.7 Å². The largest absolute Gasteiger partial charge is 0.414 e. The third kappa shape index (κ3) is 4.33. The summed E-state index contributed by atoms with van der Waals surface area (Å²) in [6.07, 6.45) is -0.656. The molecule has 0 bridgehead atoms. The van der Waals surface area contributed by atoms with Gasteiger partial charge in [0.15, 0.2) is 0 Å². The number of nitrogens with zero attached hydrogens (tertiary/aromatic N) is 1. The smallest absolute Gasteiger partial charge is 0.409 e. The molecule has 0 aliphatic rings. The molecule has 0 saturated heterocycles. The first-order chi connectivity index (χ1) is 11.5. The molecule has 2 rings (SSSR count). The van der Waals surface area contributed by atoms with Gasteiger partial charge in [-0.05, 0) is 24.3 Å². The Morgan fingerprint density at radius 2 is 1.38 bits per heavy atom. The van der Waals surface area contributed by atoms with Crippen LogP contribution in [0.2, 0.25) is 0 Å². The predicted molar refractivity (Wildman–Crippen MR) is 83.4 cm³/mol. The van der Waals surface area contributed by atoms with Gasteiger partial charge in [-0.25, -0.2) is 24.2 Å². The Bertz CT molecular complexity index is 742. The third-order valence-corrected chi connectivity index (χ3v) is 2.87. The lowest BCUT2D eigenvalue weighted by atomic mass is 10.2. The molecule has 7 nitrogen and oxygen atoms in total. The van der Waals surface area contributed by atoms with E-state index >= 15 is 0 Å². The van der Waals surface area contributed by atoms with Gasteiger partial charge in [-0.15, -0.1) is 0 Å². The lowest BCUT2D eigenvalue weighted by Gasteiger charge is -2.12. The molecular weight excluding hydrogens is 314 g/mol. The molecule has 0 saturated carbocycles. The molecule has 24 heavy (non-hydrogen) atoms. The van der Waals surface area contributed by atoms with Crippen LogP contribution in [0.1, 0.15) is 20.7 Å². The fourth-order valence-electron chi connectivity index (χ4n) is 1.65. The van der Waals surface area contributed by atoms with Gasteiger partial charge in [-0.2, -0.15) is 0 Å². The highest BCUT2D eigenvalue weighted by Crippen LogP contribution is 2.20. The molecule has 1 amide bonds. The van der Waals surface area contributed by atoms with Crippen molar-refractivity contribution >= 4 is 18.0 Å². The lowest BCUT2D eigenvalue weighted by molar-refractivity contribution is -0.187. The second-order valence-electron chi connectivity index (χ2n) is 4.87. The second-order valence-corrected chi connectivity index (χ2v) is 4.87. The molecule has 2 aromatic carbocycles. The summed E-state index contributed by atoms with van der Waals surface area (Å²) >= 11 is 0. The van der Waals surface area contributed by atoms with Gasteiger partial charge in [0.25, 0.3) is 0 Å². The van der Waals surface area contributed by atoms with Crippen LogP contribution in [0.25, 0.3) is 0 Å². The summed E-state index contributed by atoms with van der Waals surface area (Å²) in [6.45, 7) is 0. The van der Waals surface area contributed by atoms with Crippen LogP contribution < -0.4 is 4.74 Å². The molecule has 0 heterocycles. The van der Waals surface area contributed by atoms with Crippen molar-refractivity contribution in [2.75, 3.05) is 14.1 Å². The van der Waals surface area contributed by atoms with Crippen molar-refractivity contribution in [2.45, 2.75) is 0 Å². The Balaban J connectivity index is 2.05. The average molecular weight is 329 g/mol. The van der Waals surface area contributed by atoms with Gasteiger partial charge in [0.05, 0.1) is 5.56 Å². The fraction of sp³-hybridized carbons (Fsp3) is 0.118. The van der Waals surface area contributed by atoms with Gasteiger partial charge < -0.3 is 9.64 Å². The van der Waals surface area contributed by atoms with Crippen LogP contribution in [-0.4, -0.2) is 37.0 Å². The van der Waals surface area contributed by atoms with Crippen molar-refractivity contribution < 1.29 is 28.9 Å². The molecular formula is C17H15NO6. The van der Waals surface area contributed by atoms with E-state index in [0.29, 0.717) is 0 Å². The topological polar surface area (TPSA) is 82.1 Å². The van der Waals surface area contributed by atoms with Crippen molar-refractivity contribution in [2.24, 2.45) is 0 Å². The van der Waals surface area contributed by atoms with E-state index in [1.165, 1.54) is 43.3 Å².